The zero-order valence-electron chi connectivity index (χ0n) is 10.5. The predicted octanol–water partition coefficient (Wildman–Crippen LogP) is 1.66. The van der Waals surface area contributed by atoms with Crippen molar-refractivity contribution in [3.8, 4) is 0 Å². The summed E-state index contributed by atoms with van der Waals surface area (Å²) >= 11 is 11.9. The number of benzene rings is 1. The molecule has 0 aliphatic carbocycles. The van der Waals surface area contributed by atoms with E-state index in [1.165, 1.54) is 24.1 Å². The van der Waals surface area contributed by atoms with Crippen molar-refractivity contribution < 1.29 is 14.6 Å². The molecule has 0 unspecified atom stereocenters. The highest BCUT2D eigenvalue weighted by Crippen LogP contribution is 2.29. The molecule has 3 N–H and O–H groups in total. The van der Waals surface area contributed by atoms with Crippen LogP contribution in [0.2, 0.25) is 10.0 Å². The largest absolute Gasteiger partial charge is 0.399 e. The van der Waals surface area contributed by atoms with Crippen LogP contribution in [0.1, 0.15) is 10.4 Å². The highest BCUT2D eigenvalue weighted by Gasteiger charge is 2.20. The van der Waals surface area contributed by atoms with E-state index in [9.17, 15) is 4.79 Å². The van der Waals surface area contributed by atoms with Gasteiger partial charge >= 0.3 is 0 Å². The lowest BCUT2D eigenvalue weighted by atomic mass is 10.1. The van der Waals surface area contributed by atoms with Crippen molar-refractivity contribution >= 4 is 34.8 Å². The van der Waals surface area contributed by atoms with Gasteiger partial charge in [-0.2, -0.15) is 0 Å². The Balaban J connectivity index is 3.01. The second-order valence-electron chi connectivity index (χ2n) is 3.87. The maximum atomic E-state index is 12.3. The Bertz CT molecular complexity index is 455. The Morgan fingerprint density at radius 3 is 2.68 bits per heavy atom. The van der Waals surface area contributed by atoms with Crippen molar-refractivity contribution in [3.05, 3.63) is 27.7 Å². The number of aliphatic hydroxyl groups is 1. The van der Waals surface area contributed by atoms with E-state index in [1.54, 1.807) is 0 Å². The van der Waals surface area contributed by atoms with Crippen molar-refractivity contribution in [2.45, 2.75) is 0 Å². The molecule has 0 fully saturated rings. The van der Waals surface area contributed by atoms with Crippen molar-refractivity contribution in [3.63, 3.8) is 0 Å². The number of nitrogen functional groups attached to an aromatic ring is 1. The minimum Gasteiger partial charge on any atom is -0.399 e. The predicted molar refractivity (Wildman–Crippen MR) is 75.7 cm³/mol. The van der Waals surface area contributed by atoms with Gasteiger partial charge in [0.25, 0.3) is 5.91 Å². The van der Waals surface area contributed by atoms with Crippen LogP contribution in [0.25, 0.3) is 0 Å². The van der Waals surface area contributed by atoms with Crippen LogP contribution >= 0.6 is 23.2 Å². The Morgan fingerprint density at radius 2 is 2.11 bits per heavy atom. The second-order valence-corrected chi connectivity index (χ2v) is 4.66. The number of halogens is 2. The lowest BCUT2D eigenvalue weighted by Gasteiger charge is -2.22. The second kappa shape index (κ2) is 7.55. The maximum Gasteiger partial charge on any atom is 0.255 e. The number of carbonyl (C=O) groups excluding carboxylic acids is 1. The minimum atomic E-state index is -0.342. The molecule has 1 amide bonds. The number of ether oxygens (including phenoxy) is 1. The fraction of sp³-hybridized carbons (Fsp3) is 0.417. The first kappa shape index (κ1) is 16.0. The molecular weight excluding hydrogens is 291 g/mol. The van der Waals surface area contributed by atoms with Gasteiger partial charge in [-0.25, -0.2) is 0 Å². The molecule has 1 aromatic rings. The van der Waals surface area contributed by atoms with E-state index in [4.69, 9.17) is 38.8 Å². The smallest absolute Gasteiger partial charge is 0.255 e. The number of amides is 1. The lowest BCUT2D eigenvalue weighted by Crippen LogP contribution is -2.36. The van der Waals surface area contributed by atoms with Crippen LogP contribution in [0, 0.1) is 0 Å². The summed E-state index contributed by atoms with van der Waals surface area (Å²) in [4.78, 5) is 13.8. The van der Waals surface area contributed by atoms with Gasteiger partial charge in [0.2, 0.25) is 0 Å². The first-order valence-electron chi connectivity index (χ1n) is 5.64. The van der Waals surface area contributed by atoms with E-state index >= 15 is 0 Å². The van der Waals surface area contributed by atoms with Gasteiger partial charge in [-0.3, -0.25) is 4.79 Å². The van der Waals surface area contributed by atoms with Gasteiger partial charge in [0, 0.05) is 25.9 Å². The molecule has 106 valence electrons. The first-order chi connectivity index (χ1) is 9.01. The number of methoxy groups -OCH3 is 1. The fourth-order valence-corrected chi connectivity index (χ4v) is 1.99. The van der Waals surface area contributed by atoms with Crippen LogP contribution in [0.3, 0.4) is 0 Å². The molecule has 1 aromatic carbocycles. The van der Waals surface area contributed by atoms with E-state index in [2.05, 4.69) is 0 Å². The molecule has 5 nitrogen and oxygen atoms in total. The minimum absolute atomic E-state index is 0.150. The van der Waals surface area contributed by atoms with Crippen molar-refractivity contribution in [1.29, 1.82) is 0 Å². The SMILES string of the molecule is COCCN(CCO)C(=O)c1cc(N)cc(Cl)c1Cl. The summed E-state index contributed by atoms with van der Waals surface area (Å²) in [5, 5.41) is 9.37. The summed E-state index contributed by atoms with van der Waals surface area (Å²) < 4.78 is 4.92. The van der Waals surface area contributed by atoms with Crippen molar-refractivity contribution in [2.24, 2.45) is 0 Å². The average molecular weight is 307 g/mol. The van der Waals surface area contributed by atoms with Crippen LogP contribution in [0.4, 0.5) is 5.69 Å². The summed E-state index contributed by atoms with van der Waals surface area (Å²) in [6.45, 7) is 0.742. The summed E-state index contributed by atoms with van der Waals surface area (Å²) in [6.07, 6.45) is 0. The summed E-state index contributed by atoms with van der Waals surface area (Å²) in [5.41, 5.74) is 6.23. The number of rotatable bonds is 6. The molecule has 19 heavy (non-hydrogen) atoms. The number of nitrogens with zero attached hydrogens (tertiary/aromatic N) is 1. The van der Waals surface area contributed by atoms with Gasteiger partial charge in [0.1, 0.15) is 0 Å². The van der Waals surface area contributed by atoms with E-state index < -0.39 is 0 Å². The molecule has 0 heterocycles. The Kier molecular flexibility index (Phi) is 6.37. The monoisotopic (exact) mass is 306 g/mol. The molecule has 0 aromatic heterocycles. The fourth-order valence-electron chi connectivity index (χ4n) is 1.57. The van der Waals surface area contributed by atoms with Crippen molar-refractivity contribution in [2.75, 3.05) is 39.1 Å². The molecule has 0 aliphatic rings. The number of nitrogens with two attached hydrogens (primary N) is 1. The highest BCUT2D eigenvalue weighted by molar-refractivity contribution is 6.44. The third-order valence-electron chi connectivity index (χ3n) is 2.50. The van der Waals surface area contributed by atoms with Crippen LogP contribution in [0.5, 0.6) is 0 Å². The zero-order valence-corrected chi connectivity index (χ0v) is 12.0. The first-order valence-corrected chi connectivity index (χ1v) is 6.40. The molecule has 0 bridgehead atoms. The molecular formula is C12H16Cl2N2O3. The van der Waals surface area contributed by atoms with E-state index in [-0.39, 0.29) is 34.7 Å². The van der Waals surface area contributed by atoms with Gasteiger partial charge in [0.05, 0.1) is 28.8 Å². The lowest BCUT2D eigenvalue weighted by molar-refractivity contribution is 0.0656. The van der Waals surface area contributed by atoms with E-state index in [0.717, 1.165) is 0 Å². The van der Waals surface area contributed by atoms with Crippen LogP contribution in [-0.2, 0) is 4.74 Å². The number of hydrogen-bond donors (Lipinski definition) is 2. The molecule has 0 radical (unpaired) electrons. The summed E-state index contributed by atoms with van der Waals surface area (Å²) in [7, 11) is 1.53. The molecule has 0 atom stereocenters. The Labute approximate surface area is 121 Å². The average Bonchev–Trinajstić information content (AvgIpc) is 2.38. The molecule has 7 heteroatoms. The van der Waals surface area contributed by atoms with E-state index in [1.807, 2.05) is 0 Å². The molecule has 1 rings (SSSR count). The molecule has 0 aliphatic heterocycles. The standard InChI is InChI=1S/C12H16Cl2N2O3/c1-19-5-3-16(2-4-17)12(18)9-6-8(15)7-10(13)11(9)14/h6-7,17H,2-5,15H2,1H3. The normalized spacial score (nSPS) is 10.5. The molecule has 0 saturated heterocycles. The van der Waals surface area contributed by atoms with Crippen molar-refractivity contribution in [1.82, 2.24) is 4.90 Å². The quantitative estimate of drug-likeness (QED) is 0.784. The summed E-state index contributed by atoms with van der Waals surface area (Å²) in [5.74, 6) is -0.342. The third-order valence-corrected chi connectivity index (χ3v) is 3.31. The molecule has 0 saturated carbocycles. The Hall–Kier alpha value is -1.01. The Morgan fingerprint density at radius 1 is 1.42 bits per heavy atom. The van der Waals surface area contributed by atoms with E-state index in [0.29, 0.717) is 18.8 Å². The van der Waals surface area contributed by atoms with Crippen LogP contribution in [-0.4, -0.2) is 49.3 Å². The number of carbonyl (C=O) groups is 1. The maximum absolute atomic E-state index is 12.3. The molecule has 0 spiro atoms. The van der Waals surface area contributed by atoms with Gasteiger partial charge in [-0.1, -0.05) is 23.2 Å². The number of anilines is 1. The highest BCUT2D eigenvalue weighted by atomic mass is 35.5. The van der Waals surface area contributed by atoms with Crippen LogP contribution in [0.15, 0.2) is 12.1 Å². The van der Waals surface area contributed by atoms with Crippen LogP contribution < -0.4 is 5.73 Å². The number of aliphatic hydroxyl groups excluding tert-OH is 1. The van der Waals surface area contributed by atoms with Gasteiger partial charge in [0.15, 0.2) is 0 Å². The summed E-state index contributed by atoms with van der Waals surface area (Å²) in [6, 6.07) is 2.94. The third kappa shape index (κ3) is 4.24. The van der Waals surface area contributed by atoms with Gasteiger partial charge in [-0.05, 0) is 12.1 Å². The van der Waals surface area contributed by atoms with Gasteiger partial charge < -0.3 is 20.5 Å². The number of hydrogen-bond acceptors (Lipinski definition) is 4. The topological polar surface area (TPSA) is 75.8 Å². The zero-order chi connectivity index (χ0) is 14.4. The van der Waals surface area contributed by atoms with Gasteiger partial charge in [-0.15, -0.1) is 0 Å².